The Bertz CT molecular complexity index is 499. The van der Waals surface area contributed by atoms with Crippen LogP contribution >= 0.6 is 0 Å². The highest BCUT2D eigenvalue weighted by atomic mass is 32.2. The number of piperazine rings is 1. The minimum Gasteiger partial charge on any atom is -0.488 e. The van der Waals surface area contributed by atoms with E-state index in [0.29, 0.717) is 6.54 Å². The van der Waals surface area contributed by atoms with Crippen molar-refractivity contribution in [1.29, 1.82) is 0 Å². The fraction of sp³-hybridized carbons (Fsp3) is 0.647. The fourth-order valence-electron chi connectivity index (χ4n) is 2.58. The van der Waals surface area contributed by atoms with E-state index in [1.54, 1.807) is 0 Å². The third-order valence-corrected chi connectivity index (χ3v) is 5.20. The largest absolute Gasteiger partial charge is 0.488 e. The van der Waals surface area contributed by atoms with Crippen LogP contribution in [0.2, 0.25) is 0 Å². The van der Waals surface area contributed by atoms with E-state index in [-0.39, 0.29) is 5.60 Å². The van der Waals surface area contributed by atoms with Crippen molar-refractivity contribution in [3.63, 3.8) is 0 Å². The first-order chi connectivity index (χ1) is 11.0. The first-order valence-corrected chi connectivity index (χ1v) is 9.52. The molecule has 1 atom stereocenters. The molecule has 0 spiro atoms. The van der Waals surface area contributed by atoms with Gasteiger partial charge in [-0.1, -0.05) is 6.92 Å². The lowest BCUT2D eigenvalue weighted by molar-refractivity contribution is 0.0808. The van der Waals surface area contributed by atoms with Gasteiger partial charge in [0.1, 0.15) is 22.3 Å². The van der Waals surface area contributed by atoms with Crippen molar-refractivity contribution in [3.8, 4) is 5.75 Å². The molecule has 5 nitrogen and oxygen atoms in total. The molecule has 1 aromatic carbocycles. The zero-order chi connectivity index (χ0) is 16.7. The molecule has 0 bridgehead atoms. The van der Waals surface area contributed by atoms with Gasteiger partial charge >= 0.3 is 0 Å². The summed E-state index contributed by atoms with van der Waals surface area (Å²) in [6.45, 7) is 12.3. The Balaban J connectivity index is 1.85. The highest BCUT2D eigenvalue weighted by Crippen LogP contribution is 2.22. The Morgan fingerprint density at radius 1 is 1.26 bits per heavy atom. The first-order valence-electron chi connectivity index (χ1n) is 8.37. The van der Waals surface area contributed by atoms with Crippen molar-refractivity contribution in [3.05, 3.63) is 24.3 Å². The minimum atomic E-state index is -1.14. The van der Waals surface area contributed by atoms with Crippen LogP contribution in [0.5, 0.6) is 5.75 Å². The zero-order valence-electron chi connectivity index (χ0n) is 14.4. The van der Waals surface area contributed by atoms with Gasteiger partial charge in [-0.05, 0) is 44.5 Å². The van der Waals surface area contributed by atoms with Crippen molar-refractivity contribution in [2.75, 3.05) is 39.3 Å². The normalized spacial score (nSPS) is 17.9. The second kappa shape index (κ2) is 8.78. The fourth-order valence-corrected chi connectivity index (χ4v) is 3.39. The molecule has 1 unspecified atom stereocenters. The van der Waals surface area contributed by atoms with Crippen molar-refractivity contribution >= 4 is 11.0 Å². The molecule has 1 heterocycles. The molecule has 0 saturated carbocycles. The Morgan fingerprint density at radius 3 is 2.52 bits per heavy atom. The number of hydrogen-bond donors (Lipinski definition) is 2. The van der Waals surface area contributed by atoms with Crippen LogP contribution in [0, 0.1) is 0 Å². The highest BCUT2D eigenvalue weighted by molar-refractivity contribution is 7.83. The van der Waals surface area contributed by atoms with Crippen LogP contribution in [0.3, 0.4) is 0 Å². The number of rotatable bonds is 8. The van der Waals surface area contributed by atoms with E-state index < -0.39 is 11.0 Å². The minimum absolute atomic E-state index is 0.215. The van der Waals surface area contributed by atoms with E-state index in [2.05, 4.69) is 28.8 Å². The van der Waals surface area contributed by atoms with Crippen molar-refractivity contribution in [1.82, 2.24) is 14.9 Å². The van der Waals surface area contributed by atoms with Gasteiger partial charge in [0, 0.05) is 39.3 Å². The molecule has 0 radical (unpaired) electrons. The standard InChI is InChI=1S/C17H29N3O2S/c1-4-19-23(21)16-7-5-15(6-8-16)22-17(2,3)9-12-20-13-10-18-11-14-20/h5-8,18-19H,4,9-14H2,1-3H3. The molecule has 0 aromatic heterocycles. The summed E-state index contributed by atoms with van der Waals surface area (Å²) in [5.74, 6) is 0.826. The van der Waals surface area contributed by atoms with E-state index >= 15 is 0 Å². The lowest BCUT2D eigenvalue weighted by atomic mass is 10.0. The Kier molecular flexibility index (Phi) is 7.02. The molecule has 6 heteroatoms. The van der Waals surface area contributed by atoms with Crippen LogP contribution in [-0.4, -0.2) is 54.0 Å². The molecule has 1 fully saturated rings. The summed E-state index contributed by atoms with van der Waals surface area (Å²) in [6, 6.07) is 7.52. The molecular weight excluding hydrogens is 310 g/mol. The van der Waals surface area contributed by atoms with Gasteiger partial charge in [-0.2, -0.15) is 0 Å². The quantitative estimate of drug-likeness (QED) is 0.758. The van der Waals surface area contributed by atoms with Gasteiger partial charge in [-0.15, -0.1) is 0 Å². The maximum Gasteiger partial charge on any atom is 0.124 e. The molecule has 1 aliphatic heterocycles. The second-order valence-electron chi connectivity index (χ2n) is 6.44. The number of ether oxygens (including phenoxy) is 1. The van der Waals surface area contributed by atoms with Gasteiger partial charge in [0.2, 0.25) is 0 Å². The zero-order valence-corrected chi connectivity index (χ0v) is 15.2. The molecular formula is C17H29N3O2S. The third kappa shape index (κ3) is 6.22. The molecule has 1 aliphatic rings. The maximum atomic E-state index is 11.9. The van der Waals surface area contributed by atoms with Crippen LogP contribution in [-0.2, 0) is 11.0 Å². The number of nitrogens with zero attached hydrogens (tertiary/aromatic N) is 1. The second-order valence-corrected chi connectivity index (χ2v) is 7.74. The van der Waals surface area contributed by atoms with E-state index in [1.165, 1.54) is 0 Å². The van der Waals surface area contributed by atoms with Gasteiger partial charge in [0.05, 0.1) is 4.90 Å². The predicted octanol–water partition coefficient (Wildman–Crippen LogP) is 1.77. The first kappa shape index (κ1) is 18.4. The topological polar surface area (TPSA) is 53.6 Å². The van der Waals surface area contributed by atoms with E-state index in [9.17, 15) is 4.21 Å². The van der Waals surface area contributed by atoms with Gasteiger partial charge in [0.15, 0.2) is 0 Å². The molecule has 1 saturated heterocycles. The van der Waals surface area contributed by atoms with Crippen molar-refractivity contribution < 1.29 is 8.95 Å². The van der Waals surface area contributed by atoms with Crippen LogP contribution in [0.15, 0.2) is 29.2 Å². The summed E-state index contributed by atoms with van der Waals surface area (Å²) in [4.78, 5) is 3.25. The van der Waals surface area contributed by atoms with Crippen molar-refractivity contribution in [2.45, 2.75) is 37.7 Å². The molecule has 130 valence electrons. The van der Waals surface area contributed by atoms with E-state index in [1.807, 2.05) is 31.2 Å². The molecule has 2 N–H and O–H groups in total. The smallest absolute Gasteiger partial charge is 0.124 e. The van der Waals surface area contributed by atoms with Crippen LogP contribution in [0.1, 0.15) is 27.2 Å². The summed E-state index contributed by atoms with van der Waals surface area (Å²) in [6.07, 6.45) is 0.984. The van der Waals surface area contributed by atoms with Gasteiger partial charge < -0.3 is 15.0 Å². The summed E-state index contributed by atoms with van der Waals surface area (Å²) in [7, 11) is -1.14. The van der Waals surface area contributed by atoms with Gasteiger partial charge in [-0.3, -0.25) is 0 Å². The predicted molar refractivity (Wildman–Crippen MR) is 95.2 cm³/mol. The lowest BCUT2D eigenvalue weighted by Crippen LogP contribution is -2.45. The Labute approximate surface area is 142 Å². The number of nitrogens with one attached hydrogen (secondary N) is 2. The summed E-state index contributed by atoms with van der Waals surface area (Å²) < 4.78 is 20.9. The summed E-state index contributed by atoms with van der Waals surface area (Å²) >= 11 is 0. The summed E-state index contributed by atoms with van der Waals surface area (Å²) in [5.41, 5.74) is -0.215. The van der Waals surface area contributed by atoms with Crippen LogP contribution < -0.4 is 14.8 Å². The lowest BCUT2D eigenvalue weighted by Gasteiger charge is -2.32. The SMILES string of the molecule is CCNS(=O)c1ccc(OC(C)(C)CCN2CCNCC2)cc1. The molecule has 1 aromatic rings. The monoisotopic (exact) mass is 339 g/mol. The van der Waals surface area contributed by atoms with Crippen LogP contribution in [0.25, 0.3) is 0 Å². The van der Waals surface area contributed by atoms with Crippen molar-refractivity contribution in [2.24, 2.45) is 0 Å². The highest BCUT2D eigenvalue weighted by Gasteiger charge is 2.22. The molecule has 0 amide bonds. The number of benzene rings is 1. The Morgan fingerprint density at radius 2 is 1.91 bits per heavy atom. The third-order valence-electron chi connectivity index (χ3n) is 3.95. The average molecular weight is 340 g/mol. The van der Waals surface area contributed by atoms with E-state index in [0.717, 1.165) is 49.8 Å². The average Bonchev–Trinajstić information content (AvgIpc) is 2.55. The molecule has 0 aliphatic carbocycles. The number of hydrogen-bond acceptors (Lipinski definition) is 4. The Hall–Kier alpha value is -0.950. The van der Waals surface area contributed by atoms with Gasteiger partial charge in [-0.25, -0.2) is 8.93 Å². The molecule has 23 heavy (non-hydrogen) atoms. The maximum absolute atomic E-state index is 11.9. The van der Waals surface area contributed by atoms with Gasteiger partial charge in [0.25, 0.3) is 0 Å². The van der Waals surface area contributed by atoms with E-state index in [4.69, 9.17) is 4.74 Å². The van der Waals surface area contributed by atoms with Crippen LogP contribution in [0.4, 0.5) is 0 Å². The molecule has 2 rings (SSSR count). The summed E-state index contributed by atoms with van der Waals surface area (Å²) in [5, 5.41) is 3.37.